The van der Waals surface area contributed by atoms with Gasteiger partial charge in [-0.15, -0.1) is 0 Å². The normalized spacial score (nSPS) is 14.5. The summed E-state index contributed by atoms with van der Waals surface area (Å²) in [5.41, 5.74) is 3.12. The molecule has 2 aromatic rings. The lowest BCUT2D eigenvalue weighted by molar-refractivity contribution is 1.24. The third kappa shape index (κ3) is 1.44. The molecule has 0 spiro atoms. The Morgan fingerprint density at radius 3 is 3.00 bits per heavy atom. The highest BCUT2D eigenvalue weighted by Gasteiger charge is 2.05. The number of aromatic nitrogens is 2. The van der Waals surface area contributed by atoms with Crippen LogP contribution in [0.15, 0.2) is 48.7 Å². The largest absolute Gasteiger partial charge is 0.237 e. The molecule has 0 fully saturated rings. The first kappa shape index (κ1) is 8.36. The van der Waals surface area contributed by atoms with Crippen molar-refractivity contribution in [1.29, 1.82) is 0 Å². The molecular weight excluding hydrogens is 184 g/mol. The van der Waals surface area contributed by atoms with Crippen LogP contribution < -0.4 is 0 Å². The zero-order chi connectivity index (χ0) is 10.1. The molecule has 0 N–H and O–H groups in total. The fourth-order valence-electron chi connectivity index (χ4n) is 1.77. The topological polar surface area (TPSA) is 25.8 Å². The lowest BCUT2D eigenvalue weighted by Crippen LogP contribution is -1.89. The molecule has 0 atom stereocenters. The van der Waals surface area contributed by atoms with Crippen molar-refractivity contribution >= 4 is 16.6 Å². The van der Waals surface area contributed by atoms with Crippen molar-refractivity contribution < 1.29 is 0 Å². The molecule has 0 radical (unpaired) electrons. The smallest absolute Gasteiger partial charge is 0.159 e. The molecule has 2 aromatic heterocycles. The molecule has 0 aliphatic heterocycles. The van der Waals surface area contributed by atoms with Crippen LogP contribution in [0.5, 0.6) is 0 Å². The van der Waals surface area contributed by atoms with E-state index in [9.17, 15) is 0 Å². The summed E-state index contributed by atoms with van der Waals surface area (Å²) < 4.78 is 0. The molecule has 0 saturated heterocycles. The van der Waals surface area contributed by atoms with Gasteiger partial charge in [0, 0.05) is 11.6 Å². The zero-order valence-corrected chi connectivity index (χ0v) is 8.22. The van der Waals surface area contributed by atoms with E-state index in [-0.39, 0.29) is 0 Å². The molecule has 3 rings (SSSR count). The summed E-state index contributed by atoms with van der Waals surface area (Å²) in [6.07, 6.45) is 9.07. The molecule has 0 amide bonds. The Labute approximate surface area is 88.0 Å². The van der Waals surface area contributed by atoms with Gasteiger partial charge >= 0.3 is 0 Å². The van der Waals surface area contributed by atoms with Crippen LogP contribution in [0, 0.1) is 0 Å². The molecule has 2 heteroatoms. The number of hydrogen-bond donors (Lipinski definition) is 0. The van der Waals surface area contributed by atoms with Gasteiger partial charge < -0.3 is 0 Å². The summed E-state index contributed by atoms with van der Waals surface area (Å²) in [5, 5.41) is 1.09. The van der Waals surface area contributed by atoms with Gasteiger partial charge in [-0.05, 0) is 36.3 Å². The highest BCUT2D eigenvalue weighted by Crippen LogP contribution is 2.22. The second-order valence-electron chi connectivity index (χ2n) is 3.57. The number of allylic oxidation sites excluding steroid dienone is 4. The van der Waals surface area contributed by atoms with Gasteiger partial charge in [-0.25, -0.2) is 9.97 Å². The van der Waals surface area contributed by atoms with Crippen molar-refractivity contribution in [3.8, 4) is 0 Å². The molecule has 0 unspecified atom stereocenters. The highest BCUT2D eigenvalue weighted by molar-refractivity contribution is 5.78. The van der Waals surface area contributed by atoms with Crippen molar-refractivity contribution in [2.75, 3.05) is 0 Å². The average molecular weight is 194 g/mol. The molecule has 72 valence electrons. The second-order valence-corrected chi connectivity index (χ2v) is 3.57. The van der Waals surface area contributed by atoms with Crippen molar-refractivity contribution in [1.82, 2.24) is 9.97 Å². The Hall–Kier alpha value is -1.96. The van der Waals surface area contributed by atoms with E-state index in [1.165, 1.54) is 5.57 Å². The van der Waals surface area contributed by atoms with Crippen LogP contribution in [0.25, 0.3) is 16.6 Å². The minimum Gasteiger partial charge on any atom is -0.237 e. The van der Waals surface area contributed by atoms with Crippen molar-refractivity contribution in [3.05, 3.63) is 54.4 Å². The maximum absolute atomic E-state index is 4.54. The van der Waals surface area contributed by atoms with Gasteiger partial charge in [0.1, 0.15) is 0 Å². The van der Waals surface area contributed by atoms with Gasteiger partial charge in [0.15, 0.2) is 5.65 Å². The maximum atomic E-state index is 4.54. The quantitative estimate of drug-likeness (QED) is 0.697. The summed E-state index contributed by atoms with van der Waals surface area (Å²) in [6, 6.07) is 8.09. The van der Waals surface area contributed by atoms with E-state index in [0.717, 1.165) is 23.1 Å². The van der Waals surface area contributed by atoms with Gasteiger partial charge in [0.25, 0.3) is 0 Å². The molecule has 2 heterocycles. The van der Waals surface area contributed by atoms with Crippen molar-refractivity contribution in [2.24, 2.45) is 0 Å². The Morgan fingerprint density at radius 1 is 1.13 bits per heavy atom. The molecule has 0 aromatic carbocycles. The predicted molar refractivity (Wildman–Crippen MR) is 61.3 cm³/mol. The fourth-order valence-corrected chi connectivity index (χ4v) is 1.77. The fraction of sp³-hybridized carbons (Fsp3) is 0.0769. The lowest BCUT2D eigenvalue weighted by Gasteiger charge is -2.02. The highest BCUT2D eigenvalue weighted by atomic mass is 14.8. The molecule has 2 nitrogen and oxygen atoms in total. The number of pyridine rings is 2. The first-order valence-electron chi connectivity index (χ1n) is 5.01. The summed E-state index contributed by atoms with van der Waals surface area (Å²) in [4.78, 5) is 8.79. The SMILES string of the molecule is C1=CCC(c2ccc3cccnc3n2)=C1. The van der Waals surface area contributed by atoms with Gasteiger partial charge in [0.2, 0.25) is 0 Å². The molecule has 1 aliphatic carbocycles. The summed E-state index contributed by atoms with van der Waals surface area (Å²) in [7, 11) is 0. The van der Waals surface area contributed by atoms with E-state index >= 15 is 0 Å². The van der Waals surface area contributed by atoms with E-state index in [4.69, 9.17) is 0 Å². The van der Waals surface area contributed by atoms with Crippen LogP contribution in [0.2, 0.25) is 0 Å². The van der Waals surface area contributed by atoms with Crippen LogP contribution >= 0.6 is 0 Å². The molecular formula is C13H10N2. The summed E-state index contributed by atoms with van der Waals surface area (Å²) >= 11 is 0. The van der Waals surface area contributed by atoms with Crippen molar-refractivity contribution in [2.45, 2.75) is 6.42 Å². The second kappa shape index (κ2) is 3.31. The third-order valence-corrected chi connectivity index (χ3v) is 2.56. The minimum absolute atomic E-state index is 0.822. The molecule has 1 aliphatic rings. The standard InChI is InChI=1S/C13H10N2/c1-2-5-10(4-1)12-8-7-11-6-3-9-14-13(11)15-12/h1-4,6-9H,5H2. The van der Waals surface area contributed by atoms with E-state index in [1.807, 2.05) is 12.1 Å². The third-order valence-electron chi connectivity index (χ3n) is 2.56. The monoisotopic (exact) mass is 194 g/mol. The Balaban J connectivity index is 2.14. The van der Waals surface area contributed by atoms with E-state index in [2.05, 4.69) is 40.3 Å². The molecule has 15 heavy (non-hydrogen) atoms. The number of nitrogens with zero attached hydrogens (tertiary/aromatic N) is 2. The van der Waals surface area contributed by atoms with Crippen LogP contribution in [0.1, 0.15) is 12.1 Å². The van der Waals surface area contributed by atoms with Crippen LogP contribution in [0.4, 0.5) is 0 Å². The van der Waals surface area contributed by atoms with Gasteiger partial charge in [0.05, 0.1) is 5.69 Å². The Morgan fingerprint density at radius 2 is 2.13 bits per heavy atom. The van der Waals surface area contributed by atoms with Crippen LogP contribution in [0.3, 0.4) is 0 Å². The van der Waals surface area contributed by atoms with E-state index < -0.39 is 0 Å². The Bertz CT molecular complexity index is 568. The van der Waals surface area contributed by atoms with E-state index in [0.29, 0.717) is 0 Å². The average Bonchev–Trinajstić information content (AvgIpc) is 2.82. The summed E-state index contributed by atoms with van der Waals surface area (Å²) in [6.45, 7) is 0. The number of hydrogen-bond acceptors (Lipinski definition) is 2. The maximum Gasteiger partial charge on any atom is 0.159 e. The summed E-state index contributed by atoms with van der Waals surface area (Å²) in [5.74, 6) is 0. The zero-order valence-electron chi connectivity index (χ0n) is 8.22. The lowest BCUT2D eigenvalue weighted by atomic mass is 10.1. The predicted octanol–water partition coefficient (Wildman–Crippen LogP) is 2.97. The van der Waals surface area contributed by atoms with Crippen LogP contribution in [-0.4, -0.2) is 9.97 Å². The first-order valence-corrected chi connectivity index (χ1v) is 5.01. The minimum atomic E-state index is 0.822. The number of fused-ring (bicyclic) bond motifs is 1. The first-order chi connectivity index (χ1) is 7.43. The molecule has 0 bridgehead atoms. The van der Waals surface area contributed by atoms with Gasteiger partial charge in [-0.2, -0.15) is 0 Å². The van der Waals surface area contributed by atoms with Crippen molar-refractivity contribution in [3.63, 3.8) is 0 Å². The number of rotatable bonds is 1. The van der Waals surface area contributed by atoms with Gasteiger partial charge in [-0.3, -0.25) is 0 Å². The van der Waals surface area contributed by atoms with E-state index in [1.54, 1.807) is 6.20 Å². The Kier molecular flexibility index (Phi) is 1.85. The van der Waals surface area contributed by atoms with Crippen LogP contribution in [-0.2, 0) is 0 Å². The molecule has 0 saturated carbocycles. The van der Waals surface area contributed by atoms with Gasteiger partial charge in [-0.1, -0.05) is 18.2 Å².